The van der Waals surface area contributed by atoms with Gasteiger partial charge in [-0.2, -0.15) is 0 Å². The molecule has 7 heteroatoms. The fourth-order valence-corrected chi connectivity index (χ4v) is 5.98. The fourth-order valence-electron chi connectivity index (χ4n) is 5.98. The molecule has 0 bridgehead atoms. The second-order valence-electron chi connectivity index (χ2n) is 14.5. The zero-order chi connectivity index (χ0) is 42.9. The maximum absolute atomic E-state index is 7.67. The van der Waals surface area contributed by atoms with Crippen LogP contribution < -0.4 is 18.9 Å². The smallest absolute Gasteiger partial charge is 0.511 e. The number of unbranched alkanes of at least 4 members (excludes halogenated alkanes) is 12. The molecule has 0 fully saturated rings. The minimum atomic E-state index is 0. The molecule has 0 aliphatic carbocycles. The average molecular weight is 906 g/mol. The number of rotatable bonds is 24. The van der Waals surface area contributed by atoms with Crippen molar-refractivity contribution in [2.75, 3.05) is 26.4 Å². The molecule has 0 N–H and O–H groups in total. The molecule has 6 nitrogen and oxygen atoms in total. The van der Waals surface area contributed by atoms with Crippen LogP contribution in [0.2, 0.25) is 0 Å². The van der Waals surface area contributed by atoms with E-state index in [0.29, 0.717) is 60.6 Å². The van der Waals surface area contributed by atoms with Gasteiger partial charge < -0.3 is 31.8 Å². The van der Waals surface area contributed by atoms with Crippen LogP contribution in [-0.4, -0.2) is 36.4 Å². The van der Waals surface area contributed by atoms with E-state index in [1.807, 2.05) is 48.5 Å². The van der Waals surface area contributed by atoms with E-state index in [1.165, 1.54) is 51.4 Å². The summed E-state index contributed by atoms with van der Waals surface area (Å²) in [6.45, 7) is 11.3. The van der Waals surface area contributed by atoms with Crippen LogP contribution in [0.1, 0.15) is 164 Å². The summed E-state index contributed by atoms with van der Waals surface area (Å²) in [5, 5.41) is 0. The largest absolute Gasteiger partial charge is 2.00 e. The summed E-state index contributed by atoms with van der Waals surface area (Å²) in [5.41, 5.74) is 4.52. The number of hydrogen-bond acceptors (Lipinski definition) is 6. The molecule has 0 spiro atoms. The molecule has 0 saturated heterocycles. The van der Waals surface area contributed by atoms with Gasteiger partial charge in [-0.1, -0.05) is 152 Å². The molecule has 0 atom stereocenters. The first-order chi connectivity index (χ1) is 29.6. The van der Waals surface area contributed by atoms with Crippen molar-refractivity contribution in [3.63, 3.8) is 0 Å². The fraction of sp³-hybridized carbons (Fsp3) is 0.444. The number of ether oxygens (including phenoxy) is 4. The standard InChI is InChI=1S/2C27H32NO2.Ru/c2*1-4-7-9-11-19-29-26-22-25(14-13-23-15-17-28-18-16-23)27(21-24(26)6-3)30-20-12-10-8-5-2;/h2*15-18,21-22H,4-5,7-12,19-20H2,1-2H3;/q2*-1;+2. The van der Waals surface area contributed by atoms with Crippen LogP contribution in [-0.2, 0) is 19.5 Å². The predicted molar refractivity (Wildman–Crippen MR) is 244 cm³/mol. The van der Waals surface area contributed by atoms with Crippen LogP contribution in [0, 0.1) is 48.4 Å². The van der Waals surface area contributed by atoms with E-state index in [1.54, 1.807) is 24.8 Å². The Morgan fingerprint density at radius 1 is 0.393 bits per heavy atom. The summed E-state index contributed by atoms with van der Waals surface area (Å²) < 4.78 is 24.0. The van der Waals surface area contributed by atoms with Gasteiger partial charge in [-0.25, -0.2) is 0 Å². The van der Waals surface area contributed by atoms with Crippen molar-refractivity contribution in [3.8, 4) is 58.5 Å². The second-order valence-corrected chi connectivity index (χ2v) is 14.5. The Hall–Kier alpha value is -5.20. The zero-order valence-electron chi connectivity index (χ0n) is 37.0. The van der Waals surface area contributed by atoms with Crippen LogP contribution in [0.3, 0.4) is 0 Å². The molecule has 2 aromatic heterocycles. The van der Waals surface area contributed by atoms with Crippen LogP contribution in [0.15, 0.2) is 73.3 Å². The topological polar surface area (TPSA) is 62.7 Å². The van der Waals surface area contributed by atoms with E-state index in [2.05, 4.69) is 73.2 Å². The minimum Gasteiger partial charge on any atom is -0.511 e. The van der Waals surface area contributed by atoms with E-state index in [0.717, 1.165) is 73.6 Å². The van der Waals surface area contributed by atoms with Crippen molar-refractivity contribution in [3.05, 3.63) is 120 Å². The quantitative estimate of drug-likeness (QED) is 0.0302. The van der Waals surface area contributed by atoms with E-state index in [-0.39, 0.29) is 19.5 Å². The van der Waals surface area contributed by atoms with E-state index < -0.39 is 0 Å². The molecule has 0 unspecified atom stereocenters. The molecule has 0 amide bonds. The first kappa shape index (κ1) is 51.9. The summed E-state index contributed by atoms with van der Waals surface area (Å²) in [6, 6.07) is 14.9. The first-order valence-electron chi connectivity index (χ1n) is 22.1. The third-order valence-electron chi connectivity index (χ3n) is 9.50. The minimum absolute atomic E-state index is 0. The van der Waals surface area contributed by atoms with E-state index in [9.17, 15) is 0 Å². The Kier molecular flexibility index (Phi) is 28.5. The molecule has 2 heterocycles. The number of nitrogens with zero attached hydrogens (tertiary/aromatic N) is 2. The Balaban J connectivity index is 0.000000413. The third-order valence-corrected chi connectivity index (χ3v) is 9.50. The summed E-state index contributed by atoms with van der Waals surface area (Å²) in [4.78, 5) is 8.07. The molecule has 61 heavy (non-hydrogen) atoms. The number of pyridine rings is 2. The van der Waals surface area contributed by atoms with Gasteiger partial charge in [0.05, 0.1) is 49.1 Å². The van der Waals surface area contributed by atoms with Gasteiger partial charge in [-0.3, -0.25) is 21.8 Å². The summed E-state index contributed by atoms with van der Waals surface area (Å²) in [5.74, 6) is 20.4. The predicted octanol–water partition coefficient (Wildman–Crippen LogP) is 12.7. The Morgan fingerprint density at radius 3 is 0.951 bits per heavy atom. The molecular weight excluding hydrogens is 842 g/mol. The molecule has 0 radical (unpaired) electrons. The van der Waals surface area contributed by atoms with Crippen molar-refractivity contribution < 1.29 is 38.4 Å². The number of aromatic nitrogens is 2. The SMILES string of the molecule is [C-]#Cc1cc(OCCCCCC)c(C#Cc2ccncc2)cc1OCCCCCC.[C-]#Cc1cc(OCCCCCC)c(C#Cc2ccncc2)cc1OCCCCCC.[Ru+2]. The van der Waals surface area contributed by atoms with Gasteiger partial charge in [0.2, 0.25) is 0 Å². The monoisotopic (exact) mass is 906 g/mol. The molecule has 4 aromatic rings. The number of hydrogen-bond donors (Lipinski definition) is 0. The maximum Gasteiger partial charge on any atom is 2.00 e. The molecule has 0 saturated carbocycles. The van der Waals surface area contributed by atoms with Crippen LogP contribution in [0.5, 0.6) is 23.0 Å². The van der Waals surface area contributed by atoms with Crippen molar-refractivity contribution in [2.24, 2.45) is 0 Å². The summed E-state index contributed by atoms with van der Waals surface area (Å²) >= 11 is 0. The van der Waals surface area contributed by atoms with Gasteiger partial charge in [-0.15, -0.1) is 0 Å². The van der Waals surface area contributed by atoms with Crippen molar-refractivity contribution in [2.45, 2.75) is 130 Å². The molecule has 0 aliphatic rings. The van der Waals surface area contributed by atoms with Gasteiger partial charge in [0.15, 0.2) is 0 Å². The van der Waals surface area contributed by atoms with Crippen LogP contribution >= 0.6 is 0 Å². The van der Waals surface area contributed by atoms with Crippen LogP contribution in [0.25, 0.3) is 0 Å². The molecule has 0 aliphatic heterocycles. The summed E-state index contributed by atoms with van der Waals surface area (Å²) in [6.07, 6.45) is 40.5. The molecular formula is C54H64N2O4Ru. The van der Waals surface area contributed by atoms with Crippen LogP contribution in [0.4, 0.5) is 0 Å². The van der Waals surface area contributed by atoms with Gasteiger partial charge >= 0.3 is 19.5 Å². The summed E-state index contributed by atoms with van der Waals surface area (Å²) in [7, 11) is 0. The Labute approximate surface area is 381 Å². The molecule has 2 aromatic carbocycles. The van der Waals surface area contributed by atoms with Gasteiger partial charge in [0.1, 0.15) is 11.5 Å². The van der Waals surface area contributed by atoms with E-state index in [4.69, 9.17) is 31.8 Å². The van der Waals surface area contributed by atoms with Gasteiger partial charge in [0.25, 0.3) is 0 Å². The second kappa shape index (κ2) is 33.5. The third kappa shape index (κ3) is 21.2. The van der Waals surface area contributed by atoms with Crippen molar-refractivity contribution in [1.29, 1.82) is 0 Å². The molecule has 322 valence electrons. The average Bonchev–Trinajstić information content (AvgIpc) is 3.28. The Bertz CT molecular complexity index is 1870. The van der Waals surface area contributed by atoms with E-state index >= 15 is 0 Å². The molecule has 4 rings (SSSR count). The zero-order valence-corrected chi connectivity index (χ0v) is 38.7. The number of benzene rings is 2. The maximum atomic E-state index is 7.67. The normalized spacial score (nSPS) is 9.87. The van der Waals surface area contributed by atoms with Gasteiger partial charge in [-0.05, 0) is 62.1 Å². The first-order valence-corrected chi connectivity index (χ1v) is 22.1. The Morgan fingerprint density at radius 2 is 0.672 bits per heavy atom. The van der Waals surface area contributed by atoms with Gasteiger partial charge in [0, 0.05) is 35.9 Å². The van der Waals surface area contributed by atoms with Crippen molar-refractivity contribution >= 4 is 0 Å². The van der Waals surface area contributed by atoms with Crippen molar-refractivity contribution in [1.82, 2.24) is 9.97 Å².